The molecule has 1 aromatic heterocycles. The highest BCUT2D eigenvalue weighted by molar-refractivity contribution is 14.1. The maximum Gasteiger partial charge on any atom is 0.414 e. The minimum atomic E-state index is -0.433. The monoisotopic (exact) mass is 567 g/mol. The maximum absolute atomic E-state index is 12.4. The number of rotatable bonds is 7. The van der Waals surface area contributed by atoms with E-state index in [-0.39, 0.29) is 12.5 Å². The summed E-state index contributed by atoms with van der Waals surface area (Å²) in [5.74, 6) is 0.570. The van der Waals surface area contributed by atoms with Gasteiger partial charge in [0, 0.05) is 27.2 Å². The van der Waals surface area contributed by atoms with E-state index in [1.54, 1.807) is 4.90 Å². The molecule has 1 saturated heterocycles. The molecule has 168 valence electrons. The highest BCUT2D eigenvalue weighted by Crippen LogP contribution is 2.26. The van der Waals surface area contributed by atoms with Crippen molar-refractivity contribution >= 4 is 69.5 Å². The number of carbonyl (C=O) groups is 3. The van der Waals surface area contributed by atoms with E-state index in [1.165, 1.54) is 16.3 Å². The second-order valence-electron chi connectivity index (χ2n) is 7.31. The van der Waals surface area contributed by atoms with Crippen LogP contribution in [0.15, 0.2) is 41.5 Å². The number of thiophene rings is 1. The summed E-state index contributed by atoms with van der Waals surface area (Å²) in [6, 6.07) is 11.3. The number of cyclic esters (lactones) is 1. The maximum atomic E-state index is 12.4. The van der Waals surface area contributed by atoms with Crippen molar-refractivity contribution < 1.29 is 19.1 Å². The molecule has 2 aliphatic rings. The van der Waals surface area contributed by atoms with Crippen molar-refractivity contribution in [2.75, 3.05) is 36.0 Å². The van der Waals surface area contributed by atoms with Gasteiger partial charge in [-0.05, 0) is 43.3 Å². The Morgan fingerprint density at radius 2 is 1.94 bits per heavy atom. The zero-order valence-corrected chi connectivity index (χ0v) is 20.3. The molecule has 2 aliphatic heterocycles. The standard InChI is InChI=1S/C21H22IN5O4S/c1-14-24-25(13-28)8-9-26(14)15-2-4-16(5-3-15)27-12-17(31-21(27)30)11-23-20(29)19-7-6-18(10-22)32-19/h2-7,13,17H,8-12H2,1H3,(H,23,29)/t17-/m0/s1. The van der Waals surface area contributed by atoms with Crippen LogP contribution in [0.5, 0.6) is 0 Å². The molecule has 1 N–H and O–H groups in total. The first-order valence-corrected chi connectivity index (χ1v) is 12.4. The van der Waals surface area contributed by atoms with E-state index >= 15 is 0 Å². The molecule has 0 unspecified atom stereocenters. The molecule has 3 amide bonds. The molecule has 0 bridgehead atoms. The fourth-order valence-electron chi connectivity index (χ4n) is 3.56. The summed E-state index contributed by atoms with van der Waals surface area (Å²) in [7, 11) is 0. The van der Waals surface area contributed by atoms with Crippen LogP contribution >= 0.6 is 33.9 Å². The van der Waals surface area contributed by atoms with Gasteiger partial charge in [-0.3, -0.25) is 14.5 Å². The molecule has 0 radical (unpaired) electrons. The normalized spacial score (nSPS) is 18.4. The fourth-order valence-corrected chi connectivity index (χ4v) is 5.06. The number of benzene rings is 1. The molecular formula is C21H22IN5O4S. The van der Waals surface area contributed by atoms with Crippen molar-refractivity contribution in [3.8, 4) is 0 Å². The number of carbonyl (C=O) groups excluding carboxylic acids is 3. The van der Waals surface area contributed by atoms with E-state index in [0.29, 0.717) is 30.9 Å². The molecule has 1 aromatic carbocycles. The van der Waals surface area contributed by atoms with Gasteiger partial charge in [-0.25, -0.2) is 9.80 Å². The van der Waals surface area contributed by atoms with E-state index in [0.717, 1.165) is 26.5 Å². The summed E-state index contributed by atoms with van der Waals surface area (Å²) in [6.07, 6.45) is -0.136. The van der Waals surface area contributed by atoms with E-state index in [4.69, 9.17) is 4.74 Å². The zero-order valence-electron chi connectivity index (χ0n) is 17.4. The first-order chi connectivity index (χ1) is 15.5. The van der Waals surface area contributed by atoms with Crippen molar-refractivity contribution in [3.63, 3.8) is 0 Å². The van der Waals surface area contributed by atoms with Crippen LogP contribution in [0.1, 0.15) is 21.5 Å². The van der Waals surface area contributed by atoms with Crippen LogP contribution in [0.3, 0.4) is 0 Å². The predicted molar refractivity (Wildman–Crippen MR) is 132 cm³/mol. The lowest BCUT2D eigenvalue weighted by Gasteiger charge is -2.31. The van der Waals surface area contributed by atoms with Crippen LogP contribution in [-0.2, 0) is 14.0 Å². The highest BCUT2D eigenvalue weighted by atomic mass is 127. The molecule has 11 heteroatoms. The largest absolute Gasteiger partial charge is 0.442 e. The number of nitrogens with one attached hydrogen (secondary N) is 1. The van der Waals surface area contributed by atoms with E-state index in [9.17, 15) is 14.4 Å². The van der Waals surface area contributed by atoms with Crippen molar-refractivity contribution in [2.24, 2.45) is 5.10 Å². The van der Waals surface area contributed by atoms with Crippen molar-refractivity contribution in [1.82, 2.24) is 10.3 Å². The minimum Gasteiger partial charge on any atom is -0.442 e. The first kappa shape index (κ1) is 22.5. The van der Waals surface area contributed by atoms with Crippen LogP contribution in [0, 0.1) is 0 Å². The van der Waals surface area contributed by atoms with Crippen LogP contribution in [0.4, 0.5) is 16.2 Å². The number of hydrogen-bond donors (Lipinski definition) is 1. The second kappa shape index (κ2) is 9.86. The molecule has 1 fully saturated rings. The number of amidine groups is 1. The molecule has 3 heterocycles. The summed E-state index contributed by atoms with van der Waals surface area (Å²) < 4.78 is 6.30. The lowest BCUT2D eigenvalue weighted by atomic mass is 10.2. The number of hydrazone groups is 1. The average Bonchev–Trinajstić information content (AvgIpc) is 3.44. The number of ether oxygens (including phenoxy) is 1. The Morgan fingerprint density at radius 3 is 2.56 bits per heavy atom. The topological polar surface area (TPSA) is 94.6 Å². The number of anilines is 2. The average molecular weight is 567 g/mol. The summed E-state index contributed by atoms with van der Waals surface area (Å²) >= 11 is 3.73. The van der Waals surface area contributed by atoms with Gasteiger partial charge < -0.3 is 15.0 Å². The number of hydrogen-bond acceptors (Lipinski definition) is 7. The molecule has 0 spiro atoms. The molecule has 1 atom stereocenters. The number of alkyl halides is 1. The third-order valence-corrected chi connectivity index (χ3v) is 7.62. The molecule has 32 heavy (non-hydrogen) atoms. The Kier molecular flexibility index (Phi) is 6.94. The molecule has 9 nitrogen and oxygen atoms in total. The summed E-state index contributed by atoms with van der Waals surface area (Å²) in [5.41, 5.74) is 1.65. The Hall–Kier alpha value is -2.67. The van der Waals surface area contributed by atoms with Gasteiger partial charge in [-0.2, -0.15) is 5.10 Å². The Labute approximate surface area is 203 Å². The minimum absolute atomic E-state index is 0.156. The van der Waals surface area contributed by atoms with Crippen molar-refractivity contribution in [3.05, 3.63) is 46.2 Å². The van der Waals surface area contributed by atoms with Gasteiger partial charge in [0.05, 0.1) is 24.5 Å². The Balaban J connectivity index is 1.35. The zero-order chi connectivity index (χ0) is 22.7. The Bertz CT molecular complexity index is 1040. The number of halogens is 1. The Morgan fingerprint density at radius 1 is 1.22 bits per heavy atom. The molecule has 0 aliphatic carbocycles. The van der Waals surface area contributed by atoms with Crippen LogP contribution < -0.4 is 15.1 Å². The molecule has 2 aromatic rings. The van der Waals surface area contributed by atoms with Gasteiger partial charge in [-0.15, -0.1) is 11.3 Å². The number of nitrogens with zero attached hydrogens (tertiary/aromatic N) is 4. The third kappa shape index (κ3) is 4.88. The van der Waals surface area contributed by atoms with Gasteiger partial charge in [0.2, 0.25) is 6.41 Å². The lowest BCUT2D eigenvalue weighted by molar-refractivity contribution is -0.118. The van der Waals surface area contributed by atoms with Gasteiger partial charge >= 0.3 is 6.09 Å². The van der Waals surface area contributed by atoms with Gasteiger partial charge in [-0.1, -0.05) is 22.6 Å². The van der Waals surface area contributed by atoms with Crippen molar-refractivity contribution in [1.29, 1.82) is 0 Å². The van der Waals surface area contributed by atoms with E-state index in [1.807, 2.05) is 48.2 Å². The molecule has 0 saturated carbocycles. The number of amides is 3. The van der Waals surface area contributed by atoms with E-state index < -0.39 is 12.2 Å². The first-order valence-electron chi connectivity index (χ1n) is 10.0. The van der Waals surface area contributed by atoms with Gasteiger partial charge in [0.1, 0.15) is 11.9 Å². The summed E-state index contributed by atoms with van der Waals surface area (Å²) in [6.45, 7) is 3.62. The lowest BCUT2D eigenvalue weighted by Crippen LogP contribution is -2.42. The highest BCUT2D eigenvalue weighted by Gasteiger charge is 2.32. The molecular weight excluding hydrogens is 545 g/mol. The van der Waals surface area contributed by atoms with Crippen LogP contribution in [0.2, 0.25) is 0 Å². The third-order valence-electron chi connectivity index (χ3n) is 5.19. The summed E-state index contributed by atoms with van der Waals surface area (Å²) in [4.78, 5) is 41.0. The van der Waals surface area contributed by atoms with Gasteiger partial charge in [0.15, 0.2) is 0 Å². The quantitative estimate of drug-likeness (QED) is 0.316. The van der Waals surface area contributed by atoms with Crippen LogP contribution in [-0.4, -0.2) is 61.5 Å². The van der Waals surface area contributed by atoms with E-state index in [2.05, 4.69) is 33.0 Å². The SMILES string of the molecule is CC1=NN(C=O)CCN1c1ccc(N2C[C@H](CNC(=O)c3ccc(CI)s3)OC2=O)cc1. The van der Waals surface area contributed by atoms with Crippen LogP contribution in [0.25, 0.3) is 0 Å². The fraction of sp³-hybridized carbons (Fsp3) is 0.333. The second-order valence-corrected chi connectivity index (χ2v) is 9.24. The predicted octanol–water partition coefficient (Wildman–Crippen LogP) is 3.05. The smallest absolute Gasteiger partial charge is 0.414 e. The summed E-state index contributed by atoms with van der Waals surface area (Å²) in [5, 5.41) is 8.46. The van der Waals surface area contributed by atoms with Gasteiger partial charge in [0.25, 0.3) is 5.91 Å². The van der Waals surface area contributed by atoms with Crippen molar-refractivity contribution in [2.45, 2.75) is 17.5 Å². The molecule has 4 rings (SSSR count).